The van der Waals surface area contributed by atoms with Gasteiger partial charge in [0.15, 0.2) is 11.9 Å². The lowest BCUT2D eigenvalue weighted by Gasteiger charge is -2.36. The Bertz CT molecular complexity index is 255. The molecular weight excluding hydrogens is 228 g/mol. The standard InChI is InChI=1S/C11H20O6/c1-5-11(6-2,10(15-3)16-4)17-9(14)7-8(12)13/h10H,5-7H2,1-4H3,(H,12,13). The number of hydrogen-bond acceptors (Lipinski definition) is 5. The number of aliphatic carboxylic acids is 1. The fourth-order valence-corrected chi connectivity index (χ4v) is 1.69. The molecule has 0 aromatic carbocycles. The van der Waals surface area contributed by atoms with Crippen molar-refractivity contribution in [2.45, 2.75) is 45.0 Å². The van der Waals surface area contributed by atoms with E-state index in [0.29, 0.717) is 12.8 Å². The summed E-state index contributed by atoms with van der Waals surface area (Å²) in [6.45, 7) is 3.64. The second-order valence-electron chi connectivity index (χ2n) is 3.62. The maximum Gasteiger partial charge on any atom is 0.317 e. The van der Waals surface area contributed by atoms with E-state index in [1.54, 1.807) is 0 Å². The number of methoxy groups -OCH3 is 2. The van der Waals surface area contributed by atoms with Crippen LogP contribution >= 0.6 is 0 Å². The van der Waals surface area contributed by atoms with Gasteiger partial charge in [0.25, 0.3) is 0 Å². The minimum Gasteiger partial charge on any atom is -0.481 e. The van der Waals surface area contributed by atoms with Gasteiger partial charge >= 0.3 is 11.9 Å². The summed E-state index contributed by atoms with van der Waals surface area (Å²) < 4.78 is 15.4. The molecule has 0 radical (unpaired) electrons. The molecule has 0 aromatic rings. The van der Waals surface area contributed by atoms with Crippen molar-refractivity contribution >= 4 is 11.9 Å². The second kappa shape index (κ2) is 7.24. The Morgan fingerprint density at radius 3 is 1.94 bits per heavy atom. The van der Waals surface area contributed by atoms with Gasteiger partial charge in [-0.15, -0.1) is 0 Å². The van der Waals surface area contributed by atoms with Crippen molar-refractivity contribution in [3.8, 4) is 0 Å². The Balaban J connectivity index is 4.82. The summed E-state index contributed by atoms with van der Waals surface area (Å²) in [5, 5.41) is 8.52. The molecule has 0 unspecified atom stereocenters. The third-order valence-electron chi connectivity index (χ3n) is 2.67. The molecule has 0 heterocycles. The fourth-order valence-electron chi connectivity index (χ4n) is 1.69. The highest BCUT2D eigenvalue weighted by Gasteiger charge is 2.40. The topological polar surface area (TPSA) is 82.1 Å². The van der Waals surface area contributed by atoms with Crippen molar-refractivity contribution in [3.05, 3.63) is 0 Å². The van der Waals surface area contributed by atoms with Crippen LogP contribution < -0.4 is 0 Å². The second-order valence-corrected chi connectivity index (χ2v) is 3.62. The van der Waals surface area contributed by atoms with Crippen LogP contribution in [0, 0.1) is 0 Å². The third kappa shape index (κ3) is 4.32. The zero-order valence-corrected chi connectivity index (χ0v) is 10.7. The zero-order chi connectivity index (χ0) is 13.5. The van der Waals surface area contributed by atoms with Crippen molar-refractivity contribution in [1.29, 1.82) is 0 Å². The summed E-state index contributed by atoms with van der Waals surface area (Å²) in [5.74, 6) is -2.01. The van der Waals surface area contributed by atoms with Crippen LogP contribution in [0.1, 0.15) is 33.1 Å². The number of hydrogen-bond donors (Lipinski definition) is 1. The number of ether oxygens (including phenoxy) is 3. The van der Waals surface area contributed by atoms with E-state index >= 15 is 0 Å². The van der Waals surface area contributed by atoms with E-state index in [-0.39, 0.29) is 0 Å². The van der Waals surface area contributed by atoms with Gasteiger partial charge in [0, 0.05) is 14.2 Å². The van der Waals surface area contributed by atoms with Gasteiger partial charge in [0.05, 0.1) is 0 Å². The molecule has 0 aliphatic heterocycles. The maximum absolute atomic E-state index is 11.4. The van der Waals surface area contributed by atoms with Crippen LogP contribution in [0.2, 0.25) is 0 Å². The van der Waals surface area contributed by atoms with Crippen LogP contribution in [0.3, 0.4) is 0 Å². The number of carboxylic acids is 1. The van der Waals surface area contributed by atoms with Crippen LogP contribution in [0.15, 0.2) is 0 Å². The van der Waals surface area contributed by atoms with E-state index in [4.69, 9.17) is 19.3 Å². The smallest absolute Gasteiger partial charge is 0.317 e. The van der Waals surface area contributed by atoms with Crippen LogP contribution in [0.4, 0.5) is 0 Å². The van der Waals surface area contributed by atoms with Gasteiger partial charge in [-0.2, -0.15) is 0 Å². The molecule has 0 amide bonds. The Morgan fingerprint density at radius 2 is 1.65 bits per heavy atom. The third-order valence-corrected chi connectivity index (χ3v) is 2.67. The predicted molar refractivity (Wildman–Crippen MR) is 59.5 cm³/mol. The quantitative estimate of drug-likeness (QED) is 0.394. The SMILES string of the molecule is CCC(CC)(OC(=O)CC(=O)O)C(OC)OC. The molecule has 0 aliphatic rings. The molecule has 0 saturated carbocycles. The van der Waals surface area contributed by atoms with Crippen LogP contribution in [-0.4, -0.2) is 43.2 Å². The first-order valence-corrected chi connectivity index (χ1v) is 5.45. The summed E-state index contributed by atoms with van der Waals surface area (Å²) >= 11 is 0. The molecule has 0 atom stereocenters. The number of esters is 1. The molecule has 0 bridgehead atoms. The Hall–Kier alpha value is -1.14. The number of carboxylic acid groups (broad SMARTS) is 1. The van der Waals surface area contributed by atoms with E-state index in [0.717, 1.165) is 0 Å². The Labute approximate surface area is 101 Å². The zero-order valence-electron chi connectivity index (χ0n) is 10.7. The largest absolute Gasteiger partial charge is 0.481 e. The molecule has 1 N–H and O–H groups in total. The maximum atomic E-state index is 11.4. The molecular formula is C11H20O6. The molecule has 6 heteroatoms. The minimum absolute atomic E-state index is 0.473. The monoisotopic (exact) mass is 248 g/mol. The first kappa shape index (κ1) is 15.9. The average Bonchev–Trinajstić information content (AvgIpc) is 2.27. The first-order chi connectivity index (χ1) is 7.95. The minimum atomic E-state index is -1.22. The van der Waals surface area contributed by atoms with Crippen molar-refractivity contribution in [2.75, 3.05) is 14.2 Å². The highest BCUT2D eigenvalue weighted by atomic mass is 16.7. The van der Waals surface area contributed by atoms with Gasteiger partial charge in [-0.05, 0) is 12.8 Å². The summed E-state index contributed by atoms with van der Waals surface area (Å²) in [4.78, 5) is 21.8. The van der Waals surface area contributed by atoms with Crippen molar-refractivity contribution in [3.63, 3.8) is 0 Å². The van der Waals surface area contributed by atoms with Gasteiger partial charge in [-0.25, -0.2) is 0 Å². The highest BCUT2D eigenvalue weighted by Crippen LogP contribution is 2.28. The molecule has 0 spiro atoms. The van der Waals surface area contributed by atoms with E-state index in [1.807, 2.05) is 13.8 Å². The van der Waals surface area contributed by atoms with Crippen LogP contribution in [-0.2, 0) is 23.8 Å². The van der Waals surface area contributed by atoms with E-state index in [1.165, 1.54) is 14.2 Å². The number of carbonyl (C=O) groups excluding carboxylic acids is 1. The fraction of sp³-hybridized carbons (Fsp3) is 0.818. The number of carbonyl (C=O) groups is 2. The van der Waals surface area contributed by atoms with Crippen LogP contribution in [0.5, 0.6) is 0 Å². The van der Waals surface area contributed by atoms with Crippen molar-refractivity contribution in [2.24, 2.45) is 0 Å². The first-order valence-electron chi connectivity index (χ1n) is 5.45. The number of rotatable bonds is 8. The van der Waals surface area contributed by atoms with Gasteiger partial charge in [-0.1, -0.05) is 13.8 Å². The van der Waals surface area contributed by atoms with Gasteiger partial charge < -0.3 is 19.3 Å². The molecule has 0 fully saturated rings. The lowest BCUT2D eigenvalue weighted by atomic mass is 9.96. The Morgan fingerprint density at radius 1 is 1.18 bits per heavy atom. The molecule has 0 saturated heterocycles. The van der Waals surface area contributed by atoms with Gasteiger partial charge in [0.2, 0.25) is 0 Å². The normalized spacial score (nSPS) is 11.6. The summed E-state index contributed by atoms with van der Waals surface area (Å²) in [5.41, 5.74) is -0.948. The lowest BCUT2D eigenvalue weighted by Crippen LogP contribution is -2.47. The lowest BCUT2D eigenvalue weighted by molar-refractivity contribution is -0.234. The van der Waals surface area contributed by atoms with Crippen LogP contribution in [0.25, 0.3) is 0 Å². The predicted octanol–water partition coefficient (Wildman–Crippen LogP) is 1.18. The van der Waals surface area contributed by atoms with Crippen molar-refractivity contribution in [1.82, 2.24) is 0 Å². The summed E-state index contributed by atoms with van der Waals surface area (Å²) in [6, 6.07) is 0. The van der Waals surface area contributed by atoms with Gasteiger partial charge in [0.1, 0.15) is 6.42 Å². The van der Waals surface area contributed by atoms with Gasteiger partial charge in [-0.3, -0.25) is 9.59 Å². The molecule has 6 nitrogen and oxygen atoms in total. The van der Waals surface area contributed by atoms with E-state index < -0.39 is 30.3 Å². The highest BCUT2D eigenvalue weighted by molar-refractivity contribution is 5.90. The molecule has 0 aromatic heterocycles. The average molecular weight is 248 g/mol. The molecule has 0 aliphatic carbocycles. The molecule has 0 rings (SSSR count). The van der Waals surface area contributed by atoms with E-state index in [9.17, 15) is 9.59 Å². The Kier molecular flexibility index (Phi) is 6.75. The molecule has 17 heavy (non-hydrogen) atoms. The summed E-state index contributed by atoms with van der Waals surface area (Å²) in [7, 11) is 2.89. The van der Waals surface area contributed by atoms with Crippen molar-refractivity contribution < 1.29 is 28.9 Å². The van der Waals surface area contributed by atoms with E-state index in [2.05, 4.69) is 0 Å². The summed E-state index contributed by atoms with van der Waals surface area (Å²) in [6.07, 6.45) is -0.431. The molecule has 100 valence electrons.